The van der Waals surface area contributed by atoms with Gasteiger partial charge in [0.1, 0.15) is 6.61 Å². The Morgan fingerprint density at radius 2 is 0.810 bits per heavy atom. The van der Waals surface area contributed by atoms with E-state index in [2.05, 4.69) is 93.7 Å². The summed E-state index contributed by atoms with van der Waals surface area (Å²) in [4.78, 5) is 25.3. The fourth-order valence-electron chi connectivity index (χ4n) is 6.54. The Kier molecular flexibility index (Phi) is 46.5. The molecule has 334 valence electrons. The number of unbranched alkanes of at least 4 members (excludes halogenated alkanes) is 21. The Morgan fingerprint density at radius 3 is 1.33 bits per heavy atom. The molecule has 0 rings (SSSR count). The minimum absolute atomic E-state index is 0.0703. The van der Waals surface area contributed by atoms with Gasteiger partial charge in [-0.2, -0.15) is 0 Å². The van der Waals surface area contributed by atoms with Crippen molar-refractivity contribution in [1.82, 2.24) is 0 Å². The van der Waals surface area contributed by atoms with E-state index in [4.69, 9.17) is 14.2 Å². The van der Waals surface area contributed by atoms with E-state index < -0.39 is 6.10 Å². The maximum atomic E-state index is 12.7. The van der Waals surface area contributed by atoms with Gasteiger partial charge in [-0.3, -0.25) is 9.59 Å². The molecular weight excluding hydrogens is 717 g/mol. The average Bonchev–Trinajstić information content (AvgIpc) is 3.22. The summed E-state index contributed by atoms with van der Waals surface area (Å²) in [7, 11) is 0. The molecule has 0 aliphatic heterocycles. The van der Waals surface area contributed by atoms with Crippen molar-refractivity contribution >= 4 is 11.9 Å². The molecule has 58 heavy (non-hydrogen) atoms. The number of carbonyl (C=O) groups excluding carboxylic acids is 2. The van der Waals surface area contributed by atoms with Gasteiger partial charge in [-0.1, -0.05) is 190 Å². The van der Waals surface area contributed by atoms with Gasteiger partial charge in [-0.05, 0) is 96.3 Å². The molecule has 0 aromatic rings. The van der Waals surface area contributed by atoms with Crippen molar-refractivity contribution in [3.05, 3.63) is 72.9 Å². The Labute approximate surface area is 359 Å². The summed E-state index contributed by atoms with van der Waals surface area (Å²) in [6, 6.07) is 0. The predicted octanol–water partition coefficient (Wildman–Crippen LogP) is 16.3. The summed E-state index contributed by atoms with van der Waals surface area (Å²) in [5, 5.41) is 0. The molecule has 1 atom stereocenters. The fraction of sp³-hybridized carbons (Fsp3) is 0.736. The topological polar surface area (TPSA) is 61.8 Å². The molecule has 1 unspecified atom stereocenters. The van der Waals surface area contributed by atoms with Gasteiger partial charge in [-0.25, -0.2) is 0 Å². The second kappa shape index (κ2) is 48.7. The van der Waals surface area contributed by atoms with Crippen molar-refractivity contribution in [2.45, 2.75) is 232 Å². The zero-order chi connectivity index (χ0) is 42.1. The van der Waals surface area contributed by atoms with Gasteiger partial charge in [0.05, 0.1) is 6.61 Å². The first-order chi connectivity index (χ1) is 28.6. The van der Waals surface area contributed by atoms with Crippen LogP contribution in [-0.4, -0.2) is 37.9 Å². The van der Waals surface area contributed by atoms with E-state index in [-0.39, 0.29) is 25.2 Å². The Hall–Kier alpha value is -2.66. The van der Waals surface area contributed by atoms with E-state index in [0.717, 1.165) is 89.9 Å². The minimum atomic E-state index is -0.551. The van der Waals surface area contributed by atoms with Crippen LogP contribution in [0.5, 0.6) is 0 Å². The molecule has 0 saturated carbocycles. The average molecular weight is 809 g/mol. The third-order valence-electron chi connectivity index (χ3n) is 10.2. The van der Waals surface area contributed by atoms with Gasteiger partial charge in [0, 0.05) is 19.4 Å². The van der Waals surface area contributed by atoms with Crippen LogP contribution in [-0.2, 0) is 23.8 Å². The maximum Gasteiger partial charge on any atom is 0.306 e. The van der Waals surface area contributed by atoms with Crippen molar-refractivity contribution < 1.29 is 23.8 Å². The molecule has 0 amide bonds. The van der Waals surface area contributed by atoms with E-state index in [0.29, 0.717) is 19.4 Å². The van der Waals surface area contributed by atoms with Gasteiger partial charge < -0.3 is 14.2 Å². The Morgan fingerprint density at radius 1 is 0.397 bits per heavy atom. The van der Waals surface area contributed by atoms with Crippen molar-refractivity contribution in [2.75, 3.05) is 19.8 Å². The molecule has 0 bridgehead atoms. The number of carbonyl (C=O) groups is 2. The molecule has 0 fully saturated rings. The molecule has 0 aromatic carbocycles. The molecule has 0 spiro atoms. The maximum absolute atomic E-state index is 12.7. The number of ether oxygens (including phenoxy) is 3. The summed E-state index contributed by atoms with van der Waals surface area (Å²) in [5.41, 5.74) is 0. The lowest BCUT2D eigenvalue weighted by Crippen LogP contribution is -2.30. The van der Waals surface area contributed by atoms with E-state index in [1.54, 1.807) is 0 Å². The van der Waals surface area contributed by atoms with Crippen LogP contribution in [0.4, 0.5) is 0 Å². The highest BCUT2D eigenvalue weighted by Crippen LogP contribution is 2.13. The van der Waals surface area contributed by atoms with Crippen molar-refractivity contribution in [2.24, 2.45) is 0 Å². The van der Waals surface area contributed by atoms with Crippen molar-refractivity contribution in [3.63, 3.8) is 0 Å². The SMILES string of the molecule is CC/C=C\C/C=C\C/C=C\CCCCCCCCCC(=O)OCC(COCCCCCCCC/C=C\C/C=C\CCC)OC(=O)CCCCCCC/C=C\CCCC. The van der Waals surface area contributed by atoms with Crippen LogP contribution >= 0.6 is 0 Å². The lowest BCUT2D eigenvalue weighted by atomic mass is 10.1. The van der Waals surface area contributed by atoms with Crippen LogP contribution in [0.3, 0.4) is 0 Å². The highest BCUT2D eigenvalue weighted by molar-refractivity contribution is 5.70. The smallest absolute Gasteiger partial charge is 0.306 e. The summed E-state index contributed by atoms with van der Waals surface area (Å²) >= 11 is 0. The number of hydrogen-bond donors (Lipinski definition) is 0. The third-order valence-corrected chi connectivity index (χ3v) is 10.2. The summed E-state index contributed by atoms with van der Waals surface area (Å²) in [5.74, 6) is -0.426. The van der Waals surface area contributed by atoms with Crippen LogP contribution in [0.2, 0.25) is 0 Å². The first-order valence-electron chi connectivity index (χ1n) is 24.5. The van der Waals surface area contributed by atoms with E-state index in [9.17, 15) is 9.59 Å². The first-order valence-corrected chi connectivity index (χ1v) is 24.5. The van der Waals surface area contributed by atoms with E-state index in [1.165, 1.54) is 103 Å². The van der Waals surface area contributed by atoms with Gasteiger partial charge in [0.25, 0.3) is 0 Å². The molecule has 0 aromatic heterocycles. The molecule has 0 aliphatic carbocycles. The quantitative estimate of drug-likeness (QED) is 0.0348. The van der Waals surface area contributed by atoms with Crippen LogP contribution < -0.4 is 0 Å². The van der Waals surface area contributed by atoms with Gasteiger partial charge in [-0.15, -0.1) is 0 Å². The standard InChI is InChI=1S/C53H92O5/c1-4-7-10-13-16-19-22-24-26-27-28-29-32-34-37-40-43-46-52(54)57-50-51(58-53(55)47-44-41-38-35-31-21-18-15-12-9-6-3)49-56-48-45-42-39-36-33-30-25-23-20-17-14-11-8-5-2/h7,10-11,14-16,18-20,23-24,26,51H,4-6,8-9,12-13,17,21-22,25,27-50H2,1-3H3/b10-7-,14-11-,18-15-,19-16-,23-20-,26-24-. The normalized spacial score (nSPS) is 12.8. The van der Waals surface area contributed by atoms with Gasteiger partial charge >= 0.3 is 11.9 Å². The lowest BCUT2D eigenvalue weighted by Gasteiger charge is -2.18. The zero-order valence-electron chi connectivity index (χ0n) is 38.3. The molecule has 5 heteroatoms. The summed E-state index contributed by atoms with van der Waals surface area (Å²) in [6.45, 7) is 7.58. The number of hydrogen-bond acceptors (Lipinski definition) is 5. The predicted molar refractivity (Wildman–Crippen MR) is 251 cm³/mol. The highest BCUT2D eigenvalue weighted by Gasteiger charge is 2.17. The van der Waals surface area contributed by atoms with Crippen molar-refractivity contribution in [3.8, 4) is 0 Å². The molecular formula is C53H92O5. The summed E-state index contributed by atoms with van der Waals surface area (Å²) in [6.07, 6.45) is 61.9. The monoisotopic (exact) mass is 809 g/mol. The van der Waals surface area contributed by atoms with Crippen LogP contribution in [0.15, 0.2) is 72.9 Å². The number of rotatable bonds is 44. The van der Waals surface area contributed by atoms with Gasteiger partial charge in [0.2, 0.25) is 0 Å². The minimum Gasteiger partial charge on any atom is -0.462 e. The second-order valence-electron chi connectivity index (χ2n) is 16.0. The Bertz CT molecular complexity index is 1050. The first kappa shape index (κ1) is 55.3. The highest BCUT2D eigenvalue weighted by atomic mass is 16.6. The van der Waals surface area contributed by atoms with Crippen LogP contribution in [0, 0.1) is 0 Å². The third kappa shape index (κ3) is 46.0. The zero-order valence-corrected chi connectivity index (χ0v) is 38.3. The second-order valence-corrected chi connectivity index (χ2v) is 16.0. The lowest BCUT2D eigenvalue weighted by molar-refractivity contribution is -0.163. The van der Waals surface area contributed by atoms with E-state index in [1.807, 2.05) is 0 Å². The number of esters is 2. The molecule has 0 aliphatic rings. The molecule has 0 radical (unpaired) electrons. The van der Waals surface area contributed by atoms with Crippen LogP contribution in [0.25, 0.3) is 0 Å². The Balaban J connectivity index is 4.27. The van der Waals surface area contributed by atoms with Gasteiger partial charge in [0.15, 0.2) is 6.10 Å². The van der Waals surface area contributed by atoms with E-state index >= 15 is 0 Å². The fourth-order valence-corrected chi connectivity index (χ4v) is 6.54. The molecule has 0 N–H and O–H groups in total. The number of allylic oxidation sites excluding steroid dienone is 12. The molecule has 0 saturated heterocycles. The van der Waals surface area contributed by atoms with Crippen LogP contribution in [0.1, 0.15) is 226 Å². The molecule has 5 nitrogen and oxygen atoms in total. The summed E-state index contributed by atoms with van der Waals surface area (Å²) < 4.78 is 17.3. The van der Waals surface area contributed by atoms with Crippen molar-refractivity contribution in [1.29, 1.82) is 0 Å². The largest absolute Gasteiger partial charge is 0.462 e. The molecule has 0 heterocycles.